The molecule has 3 N–H and O–H groups in total. The summed E-state index contributed by atoms with van der Waals surface area (Å²) in [5, 5.41) is 15.7. The second-order valence-corrected chi connectivity index (χ2v) is 11.1. The van der Waals surface area contributed by atoms with E-state index in [1.807, 2.05) is 32.0 Å². The zero-order valence-corrected chi connectivity index (χ0v) is 23.5. The maximum absolute atomic E-state index is 12.9. The molecule has 0 aliphatic heterocycles. The van der Waals surface area contributed by atoms with Crippen LogP contribution in [0.4, 0.5) is 0 Å². The highest BCUT2D eigenvalue weighted by Crippen LogP contribution is 2.29. The smallest absolute Gasteiger partial charge is 0.331 e. The third-order valence-corrected chi connectivity index (χ3v) is 8.00. The molecule has 1 heterocycles. The van der Waals surface area contributed by atoms with Crippen molar-refractivity contribution < 1.29 is 29.1 Å². The third-order valence-electron chi connectivity index (χ3n) is 5.74. The number of hydrogen-bond donors (Lipinski definition) is 3. The molecule has 0 fully saturated rings. The van der Waals surface area contributed by atoms with Crippen LogP contribution in [0.25, 0.3) is 0 Å². The number of hydrogen-bond acceptors (Lipinski definition) is 8. The molecule has 1 aromatic heterocycles. The summed E-state index contributed by atoms with van der Waals surface area (Å²) in [5.41, 5.74) is -0.149. The summed E-state index contributed by atoms with van der Waals surface area (Å²) < 4.78 is 0. The van der Waals surface area contributed by atoms with Crippen LogP contribution in [-0.4, -0.2) is 57.8 Å². The Hall–Kier alpha value is -2.66. The molecule has 1 unspecified atom stereocenters. The first-order chi connectivity index (χ1) is 17.6. The molecule has 37 heavy (non-hydrogen) atoms. The summed E-state index contributed by atoms with van der Waals surface area (Å²) in [6.45, 7) is 6.77. The van der Waals surface area contributed by atoms with E-state index in [2.05, 4.69) is 15.6 Å². The largest absolute Gasteiger partial charge is 0.478 e. The first-order valence-electron chi connectivity index (χ1n) is 12.3. The topological polar surface area (TPSA) is 143 Å². The van der Waals surface area contributed by atoms with Crippen LogP contribution in [0, 0.1) is 5.92 Å². The van der Waals surface area contributed by atoms with Crippen molar-refractivity contribution in [2.24, 2.45) is 5.92 Å². The van der Waals surface area contributed by atoms with E-state index in [0.29, 0.717) is 31.6 Å². The Kier molecular flexibility index (Phi) is 15.5. The van der Waals surface area contributed by atoms with Crippen LogP contribution in [-0.2, 0) is 24.0 Å². The molecule has 0 aromatic carbocycles. The van der Waals surface area contributed by atoms with E-state index < -0.39 is 17.9 Å². The second kappa shape index (κ2) is 17.7. The minimum atomic E-state index is -1.25. The van der Waals surface area contributed by atoms with Crippen LogP contribution in [0.5, 0.6) is 0 Å². The van der Waals surface area contributed by atoms with Crippen molar-refractivity contribution in [3.8, 4) is 0 Å². The normalized spacial score (nSPS) is 13.2. The van der Waals surface area contributed by atoms with Gasteiger partial charge in [-0.25, -0.2) is 9.78 Å². The van der Waals surface area contributed by atoms with Gasteiger partial charge in [0, 0.05) is 48.9 Å². The van der Waals surface area contributed by atoms with Gasteiger partial charge in [-0.15, -0.1) is 0 Å². The monoisotopic (exact) mass is 551 g/mol. The van der Waals surface area contributed by atoms with E-state index in [0.717, 1.165) is 5.03 Å². The van der Waals surface area contributed by atoms with Crippen LogP contribution < -0.4 is 10.6 Å². The Morgan fingerprint density at radius 2 is 1.78 bits per heavy atom. The molecule has 2 atom stereocenters. The van der Waals surface area contributed by atoms with Gasteiger partial charge in [-0.05, 0) is 55.5 Å². The lowest BCUT2D eigenvalue weighted by Crippen LogP contribution is -2.46. The number of pyridine rings is 1. The number of nitrogens with zero attached hydrogens (tertiary/aromatic N) is 1. The van der Waals surface area contributed by atoms with Crippen molar-refractivity contribution in [1.29, 1.82) is 0 Å². The first-order valence-corrected chi connectivity index (χ1v) is 14.6. The Bertz CT molecular complexity index is 968. The number of carbonyl (C=O) groups is 5. The van der Waals surface area contributed by atoms with Gasteiger partial charge in [-0.3, -0.25) is 14.4 Å². The summed E-state index contributed by atoms with van der Waals surface area (Å²) in [6, 6.07) is 4.86. The first kappa shape index (κ1) is 32.4. The molecule has 9 nitrogen and oxygen atoms in total. The highest BCUT2D eigenvalue weighted by atomic mass is 33.1. The van der Waals surface area contributed by atoms with E-state index >= 15 is 0 Å². The van der Waals surface area contributed by atoms with Gasteiger partial charge in [0.05, 0.1) is 6.04 Å². The fourth-order valence-electron chi connectivity index (χ4n) is 3.27. The number of aromatic nitrogens is 1. The molecule has 2 amide bonds. The molecular weight excluding hydrogens is 514 g/mol. The Balaban J connectivity index is 2.55. The number of rotatable bonds is 18. The average molecular weight is 552 g/mol. The summed E-state index contributed by atoms with van der Waals surface area (Å²) in [4.78, 5) is 65.0. The van der Waals surface area contributed by atoms with Crippen molar-refractivity contribution in [2.75, 3.05) is 12.3 Å². The van der Waals surface area contributed by atoms with Gasteiger partial charge in [0.25, 0.3) is 0 Å². The lowest BCUT2D eigenvalue weighted by molar-refractivity contribution is -0.133. The van der Waals surface area contributed by atoms with Crippen LogP contribution >= 0.6 is 21.6 Å². The molecule has 0 bridgehead atoms. The number of aliphatic carboxylic acids is 1. The molecule has 1 aromatic rings. The number of ketones is 2. The summed E-state index contributed by atoms with van der Waals surface area (Å²) >= 11 is 0. The molecule has 0 saturated heterocycles. The molecule has 204 valence electrons. The molecule has 1 rings (SSSR count). The summed E-state index contributed by atoms with van der Waals surface area (Å²) in [6.07, 6.45) is 3.30. The number of carboxylic acids is 1. The SMILES string of the molecule is CCC(C)[C@H](NC(=O)/C(CCC(C)=O)=C(/C)C(=O)O)C(=O)CCCNC(=O)CCSSc1ccccn1. The molecule has 0 aliphatic rings. The van der Waals surface area contributed by atoms with Gasteiger partial charge < -0.3 is 20.5 Å². The van der Waals surface area contributed by atoms with Crippen LogP contribution in [0.15, 0.2) is 40.6 Å². The van der Waals surface area contributed by atoms with Crippen LogP contribution in [0.3, 0.4) is 0 Å². The van der Waals surface area contributed by atoms with Gasteiger partial charge >= 0.3 is 5.97 Å². The minimum absolute atomic E-state index is 0.00450. The third kappa shape index (κ3) is 12.9. The fourth-order valence-corrected chi connectivity index (χ4v) is 5.14. The maximum Gasteiger partial charge on any atom is 0.331 e. The molecule has 0 spiro atoms. The number of Topliss-reactive ketones (excluding diaryl/α,β-unsaturated/α-hetero) is 2. The highest BCUT2D eigenvalue weighted by molar-refractivity contribution is 8.76. The molecule has 0 saturated carbocycles. The van der Waals surface area contributed by atoms with Gasteiger partial charge in [0.1, 0.15) is 10.8 Å². The molecule has 0 aliphatic carbocycles. The zero-order chi connectivity index (χ0) is 27.8. The summed E-state index contributed by atoms with van der Waals surface area (Å²) in [5.74, 6) is -1.87. The van der Waals surface area contributed by atoms with E-state index in [4.69, 9.17) is 0 Å². The Morgan fingerprint density at radius 3 is 2.38 bits per heavy atom. The molecule has 11 heteroatoms. The quantitative estimate of drug-likeness (QED) is 0.140. The Morgan fingerprint density at radius 1 is 1.05 bits per heavy atom. The predicted molar refractivity (Wildman–Crippen MR) is 146 cm³/mol. The van der Waals surface area contributed by atoms with E-state index in [9.17, 15) is 29.1 Å². The van der Waals surface area contributed by atoms with Gasteiger partial charge in [0.2, 0.25) is 11.8 Å². The van der Waals surface area contributed by atoms with Gasteiger partial charge in [0.15, 0.2) is 5.78 Å². The lowest BCUT2D eigenvalue weighted by Gasteiger charge is -2.24. The number of nitrogens with one attached hydrogen (secondary N) is 2. The van der Waals surface area contributed by atoms with Crippen molar-refractivity contribution in [3.05, 3.63) is 35.5 Å². The van der Waals surface area contributed by atoms with Gasteiger partial charge in [-0.2, -0.15) is 0 Å². The van der Waals surface area contributed by atoms with Crippen molar-refractivity contribution in [2.45, 2.75) is 77.3 Å². The standard InChI is InChI=1S/C26H37N3O6S2/c1-5-17(2)24(29-25(33)20(12-11-18(3)30)19(4)26(34)35)21(31)9-8-15-27-22(32)13-16-36-37-23-10-6-7-14-28-23/h6-7,10,14,17,24H,5,8-9,11-13,15-16H2,1-4H3,(H,27,32)(H,29,33)(H,34,35)/b20-19-/t17?,24-/m0/s1. The van der Waals surface area contributed by atoms with Crippen molar-refractivity contribution in [3.63, 3.8) is 0 Å². The minimum Gasteiger partial charge on any atom is -0.478 e. The summed E-state index contributed by atoms with van der Waals surface area (Å²) in [7, 11) is 3.06. The van der Waals surface area contributed by atoms with E-state index in [1.54, 1.807) is 17.0 Å². The van der Waals surface area contributed by atoms with E-state index in [-0.39, 0.29) is 53.8 Å². The number of carboxylic acid groups (broad SMARTS) is 1. The average Bonchev–Trinajstić information content (AvgIpc) is 2.87. The molecule has 0 radical (unpaired) electrons. The van der Waals surface area contributed by atoms with Crippen LogP contribution in [0.2, 0.25) is 0 Å². The second-order valence-electron chi connectivity index (χ2n) is 8.69. The van der Waals surface area contributed by atoms with Crippen LogP contribution in [0.1, 0.15) is 66.2 Å². The maximum atomic E-state index is 12.9. The number of carbonyl (C=O) groups excluding carboxylic acids is 4. The highest BCUT2D eigenvalue weighted by Gasteiger charge is 2.28. The fraction of sp³-hybridized carbons (Fsp3) is 0.538. The zero-order valence-electron chi connectivity index (χ0n) is 21.9. The molecular formula is C26H37N3O6S2. The van der Waals surface area contributed by atoms with E-state index in [1.165, 1.54) is 24.6 Å². The van der Waals surface area contributed by atoms with Gasteiger partial charge in [-0.1, -0.05) is 37.1 Å². The predicted octanol–water partition coefficient (Wildman–Crippen LogP) is 3.98. The lowest BCUT2D eigenvalue weighted by atomic mass is 9.92. The van der Waals surface area contributed by atoms with Crippen molar-refractivity contribution >= 4 is 50.9 Å². The number of amides is 2. The Labute approximate surface area is 226 Å². The van der Waals surface area contributed by atoms with Crippen molar-refractivity contribution in [1.82, 2.24) is 15.6 Å².